The molecule has 1 fully saturated rings. The predicted molar refractivity (Wildman–Crippen MR) is 51.3 cm³/mol. The summed E-state index contributed by atoms with van der Waals surface area (Å²) < 4.78 is 5.75. The van der Waals surface area contributed by atoms with Crippen molar-refractivity contribution in [1.82, 2.24) is 4.90 Å². The Hall–Kier alpha value is -0.0800. The van der Waals surface area contributed by atoms with Crippen molar-refractivity contribution in [1.29, 1.82) is 0 Å². The quantitative estimate of drug-likeness (QED) is 0.627. The zero-order valence-corrected chi connectivity index (χ0v) is 8.55. The SMILES string of the molecule is CCN1CCCOC(C(C)C)C1. The number of ether oxygens (including phenoxy) is 1. The minimum absolute atomic E-state index is 0.451. The Morgan fingerprint density at radius 1 is 1.50 bits per heavy atom. The lowest BCUT2D eigenvalue weighted by molar-refractivity contribution is 0.0237. The van der Waals surface area contributed by atoms with Gasteiger partial charge in [-0.15, -0.1) is 0 Å². The summed E-state index contributed by atoms with van der Waals surface area (Å²) in [5.74, 6) is 0.650. The molecule has 0 saturated carbocycles. The summed E-state index contributed by atoms with van der Waals surface area (Å²) in [6.07, 6.45) is 1.64. The lowest BCUT2D eigenvalue weighted by Gasteiger charge is -2.24. The first kappa shape index (κ1) is 10.0. The molecule has 1 atom stereocenters. The smallest absolute Gasteiger partial charge is 0.0724 e. The Morgan fingerprint density at radius 3 is 2.83 bits per heavy atom. The van der Waals surface area contributed by atoms with Crippen LogP contribution in [0, 0.1) is 5.92 Å². The molecule has 1 saturated heterocycles. The van der Waals surface area contributed by atoms with Crippen LogP contribution in [0.3, 0.4) is 0 Å². The first-order chi connectivity index (χ1) is 5.74. The molecule has 0 aliphatic carbocycles. The molecule has 2 heteroatoms. The van der Waals surface area contributed by atoms with Gasteiger partial charge < -0.3 is 9.64 Å². The van der Waals surface area contributed by atoms with E-state index in [1.165, 1.54) is 13.0 Å². The molecule has 0 N–H and O–H groups in total. The molecule has 0 spiro atoms. The average molecular weight is 171 g/mol. The van der Waals surface area contributed by atoms with Crippen molar-refractivity contribution >= 4 is 0 Å². The van der Waals surface area contributed by atoms with Crippen molar-refractivity contribution in [2.75, 3.05) is 26.2 Å². The van der Waals surface area contributed by atoms with Gasteiger partial charge in [-0.2, -0.15) is 0 Å². The van der Waals surface area contributed by atoms with Crippen LogP contribution in [0.2, 0.25) is 0 Å². The number of likely N-dealkylation sites (N-methyl/N-ethyl adjacent to an activating group) is 1. The normalized spacial score (nSPS) is 27.5. The minimum Gasteiger partial charge on any atom is -0.377 e. The zero-order valence-electron chi connectivity index (χ0n) is 8.55. The molecule has 72 valence electrons. The number of rotatable bonds is 2. The number of hydrogen-bond donors (Lipinski definition) is 0. The van der Waals surface area contributed by atoms with Gasteiger partial charge in [-0.1, -0.05) is 20.8 Å². The van der Waals surface area contributed by atoms with Crippen LogP contribution in [-0.4, -0.2) is 37.2 Å². The van der Waals surface area contributed by atoms with Crippen LogP contribution in [0.15, 0.2) is 0 Å². The fraction of sp³-hybridized carbons (Fsp3) is 1.00. The van der Waals surface area contributed by atoms with Crippen molar-refractivity contribution in [2.45, 2.75) is 33.3 Å². The first-order valence-electron chi connectivity index (χ1n) is 5.08. The van der Waals surface area contributed by atoms with Crippen molar-refractivity contribution in [2.24, 2.45) is 5.92 Å². The summed E-state index contributed by atoms with van der Waals surface area (Å²) in [5.41, 5.74) is 0. The second kappa shape index (κ2) is 4.83. The molecule has 0 aromatic carbocycles. The van der Waals surface area contributed by atoms with Crippen molar-refractivity contribution in [3.05, 3.63) is 0 Å². The van der Waals surface area contributed by atoms with Gasteiger partial charge in [-0.25, -0.2) is 0 Å². The second-order valence-electron chi connectivity index (χ2n) is 3.90. The zero-order chi connectivity index (χ0) is 8.97. The van der Waals surface area contributed by atoms with E-state index in [4.69, 9.17) is 4.74 Å². The molecular formula is C10H21NO. The highest BCUT2D eigenvalue weighted by Crippen LogP contribution is 2.12. The minimum atomic E-state index is 0.451. The summed E-state index contributed by atoms with van der Waals surface area (Å²) in [5, 5.41) is 0. The Morgan fingerprint density at radius 2 is 2.25 bits per heavy atom. The Labute approximate surface area is 75.9 Å². The molecular weight excluding hydrogens is 150 g/mol. The lowest BCUT2D eigenvalue weighted by Crippen LogP contribution is -2.34. The van der Waals surface area contributed by atoms with E-state index in [2.05, 4.69) is 25.7 Å². The van der Waals surface area contributed by atoms with E-state index in [1.807, 2.05) is 0 Å². The van der Waals surface area contributed by atoms with Crippen LogP contribution in [0.25, 0.3) is 0 Å². The van der Waals surface area contributed by atoms with Gasteiger partial charge in [0.1, 0.15) is 0 Å². The van der Waals surface area contributed by atoms with Crippen LogP contribution in [0.1, 0.15) is 27.2 Å². The molecule has 0 amide bonds. The van der Waals surface area contributed by atoms with Gasteiger partial charge in [0.05, 0.1) is 6.10 Å². The van der Waals surface area contributed by atoms with E-state index in [9.17, 15) is 0 Å². The van der Waals surface area contributed by atoms with Crippen molar-refractivity contribution in [3.8, 4) is 0 Å². The van der Waals surface area contributed by atoms with Gasteiger partial charge in [0.2, 0.25) is 0 Å². The van der Waals surface area contributed by atoms with Gasteiger partial charge in [0.25, 0.3) is 0 Å². The maximum Gasteiger partial charge on any atom is 0.0724 e. The van der Waals surface area contributed by atoms with Gasteiger partial charge >= 0.3 is 0 Å². The Balaban J connectivity index is 2.42. The molecule has 1 unspecified atom stereocenters. The number of nitrogens with zero attached hydrogens (tertiary/aromatic N) is 1. The molecule has 0 bridgehead atoms. The van der Waals surface area contributed by atoms with Crippen LogP contribution < -0.4 is 0 Å². The maximum atomic E-state index is 5.75. The Bertz CT molecular complexity index is 125. The summed E-state index contributed by atoms with van der Waals surface area (Å²) in [7, 11) is 0. The molecule has 1 rings (SSSR count). The largest absolute Gasteiger partial charge is 0.377 e. The van der Waals surface area contributed by atoms with Crippen molar-refractivity contribution < 1.29 is 4.74 Å². The molecule has 12 heavy (non-hydrogen) atoms. The third-order valence-electron chi connectivity index (χ3n) is 2.58. The maximum absolute atomic E-state index is 5.75. The van der Waals surface area contributed by atoms with Gasteiger partial charge in [-0.05, 0) is 18.9 Å². The molecule has 0 radical (unpaired) electrons. The summed E-state index contributed by atoms with van der Waals surface area (Å²) >= 11 is 0. The third-order valence-corrected chi connectivity index (χ3v) is 2.58. The third kappa shape index (κ3) is 2.76. The highest BCUT2D eigenvalue weighted by Gasteiger charge is 2.19. The highest BCUT2D eigenvalue weighted by atomic mass is 16.5. The van der Waals surface area contributed by atoms with Crippen LogP contribution in [-0.2, 0) is 4.74 Å². The van der Waals surface area contributed by atoms with E-state index in [1.54, 1.807) is 0 Å². The summed E-state index contributed by atoms with van der Waals surface area (Å²) in [4.78, 5) is 2.48. The van der Waals surface area contributed by atoms with Crippen LogP contribution in [0.5, 0.6) is 0 Å². The molecule has 0 aromatic rings. The predicted octanol–water partition coefficient (Wildman–Crippen LogP) is 1.75. The standard InChI is InChI=1S/C10H21NO/c1-4-11-6-5-7-12-10(8-11)9(2)3/h9-10H,4-8H2,1-3H3. The monoisotopic (exact) mass is 171 g/mol. The topological polar surface area (TPSA) is 12.5 Å². The fourth-order valence-corrected chi connectivity index (χ4v) is 1.61. The molecule has 1 heterocycles. The number of hydrogen-bond acceptors (Lipinski definition) is 2. The van der Waals surface area contributed by atoms with E-state index >= 15 is 0 Å². The van der Waals surface area contributed by atoms with E-state index < -0.39 is 0 Å². The van der Waals surface area contributed by atoms with E-state index in [-0.39, 0.29) is 0 Å². The van der Waals surface area contributed by atoms with Crippen molar-refractivity contribution in [3.63, 3.8) is 0 Å². The second-order valence-corrected chi connectivity index (χ2v) is 3.90. The first-order valence-corrected chi connectivity index (χ1v) is 5.08. The molecule has 1 aliphatic rings. The van der Waals surface area contributed by atoms with Gasteiger partial charge in [0.15, 0.2) is 0 Å². The summed E-state index contributed by atoms with van der Waals surface area (Å²) in [6.45, 7) is 11.1. The van der Waals surface area contributed by atoms with Gasteiger partial charge in [-0.3, -0.25) is 0 Å². The van der Waals surface area contributed by atoms with Crippen LogP contribution >= 0.6 is 0 Å². The Kier molecular flexibility index (Phi) is 4.02. The van der Waals surface area contributed by atoms with Crippen LogP contribution in [0.4, 0.5) is 0 Å². The summed E-state index contributed by atoms with van der Waals surface area (Å²) in [6, 6.07) is 0. The molecule has 0 aromatic heterocycles. The van der Waals surface area contributed by atoms with E-state index in [0.717, 1.165) is 19.7 Å². The van der Waals surface area contributed by atoms with E-state index in [0.29, 0.717) is 12.0 Å². The molecule has 1 aliphatic heterocycles. The van der Waals surface area contributed by atoms with Gasteiger partial charge in [0, 0.05) is 19.7 Å². The highest BCUT2D eigenvalue weighted by molar-refractivity contribution is 4.71. The molecule has 2 nitrogen and oxygen atoms in total. The average Bonchev–Trinajstić information content (AvgIpc) is 2.28. The fourth-order valence-electron chi connectivity index (χ4n) is 1.61. The lowest BCUT2D eigenvalue weighted by atomic mass is 10.1.